The van der Waals surface area contributed by atoms with Gasteiger partial charge in [0.1, 0.15) is 0 Å². The zero-order valence-electron chi connectivity index (χ0n) is 14.5. The summed E-state index contributed by atoms with van der Waals surface area (Å²) in [5, 5.41) is 4.73. The summed E-state index contributed by atoms with van der Waals surface area (Å²) in [6.07, 6.45) is 8.27. The standard InChI is InChI=1S/C18H33N3/c1-14(2)21-11-8-16(20-21)12-18(13-19)9-6-15(7-10-18)17(3,4)5/h8,11,14-15H,6-7,9-10,12-13,19H2,1-5H3. The van der Waals surface area contributed by atoms with Crippen molar-refractivity contribution < 1.29 is 0 Å². The molecule has 0 radical (unpaired) electrons. The molecular formula is C18H33N3. The first-order valence-corrected chi connectivity index (χ1v) is 8.50. The topological polar surface area (TPSA) is 43.8 Å². The van der Waals surface area contributed by atoms with Gasteiger partial charge >= 0.3 is 0 Å². The van der Waals surface area contributed by atoms with Crippen LogP contribution in [-0.4, -0.2) is 16.3 Å². The van der Waals surface area contributed by atoms with Crippen LogP contribution in [0.25, 0.3) is 0 Å². The maximum Gasteiger partial charge on any atom is 0.0630 e. The van der Waals surface area contributed by atoms with Gasteiger partial charge in [0.15, 0.2) is 0 Å². The lowest BCUT2D eigenvalue weighted by molar-refractivity contribution is 0.0918. The van der Waals surface area contributed by atoms with Crippen molar-refractivity contribution in [3.63, 3.8) is 0 Å². The SMILES string of the molecule is CC(C)n1ccc(CC2(CN)CCC(C(C)(C)C)CC2)n1. The highest BCUT2D eigenvalue weighted by Crippen LogP contribution is 2.46. The van der Waals surface area contributed by atoms with Crippen molar-refractivity contribution >= 4 is 0 Å². The number of aromatic nitrogens is 2. The molecule has 1 saturated carbocycles. The third-order valence-electron chi connectivity index (χ3n) is 5.45. The minimum absolute atomic E-state index is 0.276. The first-order valence-electron chi connectivity index (χ1n) is 8.50. The van der Waals surface area contributed by atoms with Gasteiger partial charge in [-0.3, -0.25) is 4.68 Å². The molecule has 0 aromatic carbocycles. The van der Waals surface area contributed by atoms with Crippen LogP contribution < -0.4 is 5.73 Å². The van der Waals surface area contributed by atoms with E-state index in [1.165, 1.54) is 31.4 Å². The molecule has 0 aliphatic heterocycles. The fraction of sp³-hybridized carbons (Fsp3) is 0.833. The van der Waals surface area contributed by atoms with Gasteiger partial charge in [-0.1, -0.05) is 20.8 Å². The van der Waals surface area contributed by atoms with Crippen molar-refractivity contribution in [3.05, 3.63) is 18.0 Å². The molecule has 2 rings (SSSR count). The molecule has 1 heterocycles. The van der Waals surface area contributed by atoms with Crippen molar-refractivity contribution in [2.75, 3.05) is 6.54 Å². The Hall–Kier alpha value is -0.830. The second kappa shape index (κ2) is 6.12. The van der Waals surface area contributed by atoms with Gasteiger partial charge in [-0.2, -0.15) is 5.10 Å². The molecule has 1 aromatic rings. The molecule has 0 unspecified atom stereocenters. The first kappa shape index (κ1) is 16.5. The molecule has 1 aliphatic rings. The third-order valence-corrected chi connectivity index (χ3v) is 5.45. The lowest BCUT2D eigenvalue weighted by atomic mass is 9.63. The average molecular weight is 291 g/mol. The highest BCUT2D eigenvalue weighted by Gasteiger charge is 2.38. The monoisotopic (exact) mass is 291 g/mol. The van der Waals surface area contributed by atoms with Gasteiger partial charge < -0.3 is 5.73 Å². The van der Waals surface area contributed by atoms with Gasteiger partial charge in [0.05, 0.1) is 5.69 Å². The largest absolute Gasteiger partial charge is 0.330 e. The summed E-state index contributed by atoms with van der Waals surface area (Å²) in [7, 11) is 0. The van der Waals surface area contributed by atoms with Gasteiger partial charge in [0.2, 0.25) is 0 Å². The van der Waals surface area contributed by atoms with Crippen molar-refractivity contribution in [1.29, 1.82) is 0 Å². The lowest BCUT2D eigenvalue weighted by Crippen LogP contribution is -2.39. The molecular weight excluding hydrogens is 258 g/mol. The van der Waals surface area contributed by atoms with Crippen LogP contribution in [0.4, 0.5) is 0 Å². The number of hydrogen-bond donors (Lipinski definition) is 1. The van der Waals surface area contributed by atoms with Gasteiger partial charge in [0, 0.05) is 12.2 Å². The van der Waals surface area contributed by atoms with Gasteiger partial charge in [0.25, 0.3) is 0 Å². The summed E-state index contributed by atoms with van der Waals surface area (Å²) in [6.45, 7) is 12.2. The summed E-state index contributed by atoms with van der Waals surface area (Å²) >= 11 is 0. The molecule has 3 nitrogen and oxygen atoms in total. The fourth-order valence-electron chi connectivity index (χ4n) is 3.69. The van der Waals surface area contributed by atoms with E-state index in [1.807, 2.05) is 0 Å². The van der Waals surface area contributed by atoms with Crippen LogP contribution in [0.5, 0.6) is 0 Å². The summed E-state index contributed by atoms with van der Waals surface area (Å²) < 4.78 is 2.06. The Bertz CT molecular complexity index is 445. The molecule has 0 atom stereocenters. The van der Waals surface area contributed by atoms with E-state index in [1.54, 1.807) is 0 Å². The molecule has 0 saturated heterocycles. The van der Waals surface area contributed by atoms with Crippen molar-refractivity contribution in [3.8, 4) is 0 Å². The Labute approximate surface area is 130 Å². The zero-order valence-corrected chi connectivity index (χ0v) is 14.5. The Morgan fingerprint density at radius 3 is 2.38 bits per heavy atom. The Morgan fingerprint density at radius 1 is 1.33 bits per heavy atom. The van der Waals surface area contributed by atoms with Crippen LogP contribution in [0.1, 0.15) is 72.0 Å². The number of nitrogens with two attached hydrogens (primary N) is 1. The van der Waals surface area contributed by atoms with E-state index in [4.69, 9.17) is 10.8 Å². The summed E-state index contributed by atoms with van der Waals surface area (Å²) in [4.78, 5) is 0. The van der Waals surface area contributed by atoms with Crippen LogP contribution in [0.15, 0.2) is 12.3 Å². The Balaban J connectivity index is 2.03. The zero-order chi connectivity index (χ0) is 15.7. The molecule has 0 amide bonds. The molecule has 3 heteroatoms. The van der Waals surface area contributed by atoms with Crippen LogP contribution in [-0.2, 0) is 6.42 Å². The van der Waals surface area contributed by atoms with Crippen LogP contribution in [0.2, 0.25) is 0 Å². The van der Waals surface area contributed by atoms with Crippen LogP contribution in [0.3, 0.4) is 0 Å². The van der Waals surface area contributed by atoms with Crippen LogP contribution in [0, 0.1) is 16.7 Å². The normalized spacial score (nSPS) is 27.3. The third kappa shape index (κ3) is 3.88. The van der Waals surface area contributed by atoms with E-state index >= 15 is 0 Å². The predicted molar refractivity (Wildman–Crippen MR) is 89.2 cm³/mol. The van der Waals surface area contributed by atoms with E-state index in [0.717, 1.165) is 18.9 Å². The van der Waals surface area contributed by atoms with E-state index in [9.17, 15) is 0 Å². The van der Waals surface area contributed by atoms with Gasteiger partial charge in [-0.15, -0.1) is 0 Å². The quantitative estimate of drug-likeness (QED) is 0.904. The smallest absolute Gasteiger partial charge is 0.0630 e. The van der Waals surface area contributed by atoms with E-state index in [2.05, 4.69) is 51.6 Å². The second-order valence-electron chi connectivity index (χ2n) is 8.40. The second-order valence-corrected chi connectivity index (χ2v) is 8.40. The van der Waals surface area contributed by atoms with Crippen molar-refractivity contribution in [2.24, 2.45) is 22.5 Å². The highest BCUT2D eigenvalue weighted by atomic mass is 15.3. The molecule has 120 valence electrons. The summed E-state index contributed by atoms with van der Waals surface area (Å²) in [5.41, 5.74) is 8.09. The fourth-order valence-corrected chi connectivity index (χ4v) is 3.69. The van der Waals surface area contributed by atoms with Gasteiger partial charge in [-0.25, -0.2) is 0 Å². The number of nitrogens with zero attached hydrogens (tertiary/aromatic N) is 2. The maximum absolute atomic E-state index is 6.17. The average Bonchev–Trinajstić information content (AvgIpc) is 2.87. The number of rotatable bonds is 4. The van der Waals surface area contributed by atoms with Gasteiger partial charge in [-0.05, 0) is 75.3 Å². The molecule has 1 aliphatic carbocycles. The Morgan fingerprint density at radius 2 is 1.95 bits per heavy atom. The first-order chi connectivity index (χ1) is 9.76. The van der Waals surface area contributed by atoms with E-state index < -0.39 is 0 Å². The van der Waals surface area contributed by atoms with Crippen molar-refractivity contribution in [2.45, 2.75) is 72.8 Å². The maximum atomic E-state index is 6.17. The molecule has 1 fully saturated rings. The molecule has 21 heavy (non-hydrogen) atoms. The highest BCUT2D eigenvalue weighted by molar-refractivity contribution is 5.05. The molecule has 0 spiro atoms. The van der Waals surface area contributed by atoms with E-state index in [0.29, 0.717) is 11.5 Å². The summed E-state index contributed by atoms with van der Waals surface area (Å²) in [5.74, 6) is 0.838. The lowest BCUT2D eigenvalue weighted by Gasteiger charge is -2.43. The predicted octanol–water partition coefficient (Wildman–Crippen LogP) is 4.19. The minimum Gasteiger partial charge on any atom is -0.330 e. The Kier molecular flexibility index (Phi) is 4.82. The number of hydrogen-bond acceptors (Lipinski definition) is 2. The molecule has 2 N–H and O–H groups in total. The molecule has 0 bridgehead atoms. The van der Waals surface area contributed by atoms with Crippen molar-refractivity contribution in [1.82, 2.24) is 9.78 Å². The minimum atomic E-state index is 0.276. The summed E-state index contributed by atoms with van der Waals surface area (Å²) in [6, 6.07) is 2.61. The molecule has 1 aromatic heterocycles. The van der Waals surface area contributed by atoms with E-state index in [-0.39, 0.29) is 5.41 Å². The van der Waals surface area contributed by atoms with Crippen LogP contribution >= 0.6 is 0 Å².